The summed E-state index contributed by atoms with van der Waals surface area (Å²) >= 11 is 0. The molecule has 4 nitrogen and oxygen atoms in total. The minimum Gasteiger partial charge on any atom is -0.384 e. The van der Waals surface area contributed by atoms with Crippen LogP contribution in [-0.4, -0.2) is 11.5 Å². The van der Waals surface area contributed by atoms with E-state index in [-0.39, 0.29) is 5.69 Å². The molecule has 1 N–H and O–H groups in total. The highest BCUT2D eigenvalue weighted by Gasteiger charge is 2.11. The summed E-state index contributed by atoms with van der Waals surface area (Å²) in [5.41, 5.74) is 0.255. The van der Waals surface area contributed by atoms with Gasteiger partial charge in [-0.1, -0.05) is 33.1 Å². The van der Waals surface area contributed by atoms with Crippen LogP contribution in [0.1, 0.15) is 39.5 Å². The van der Waals surface area contributed by atoms with Crippen LogP contribution >= 0.6 is 0 Å². The molecule has 0 aromatic heterocycles. The number of nitrogens with zero attached hydrogens (tertiary/aromatic N) is 1. The lowest BCUT2D eigenvalue weighted by molar-refractivity contribution is -0.385. The molecule has 106 valence electrons. The van der Waals surface area contributed by atoms with E-state index in [1.165, 1.54) is 18.6 Å². The summed E-state index contributed by atoms with van der Waals surface area (Å²) in [5, 5.41) is 13.7. The highest BCUT2D eigenvalue weighted by atomic mass is 19.1. The van der Waals surface area contributed by atoms with Gasteiger partial charge in [-0.2, -0.15) is 0 Å². The van der Waals surface area contributed by atoms with E-state index < -0.39 is 10.7 Å². The summed E-state index contributed by atoms with van der Waals surface area (Å²) < 4.78 is 13.3. The maximum atomic E-state index is 13.3. The van der Waals surface area contributed by atoms with Crippen molar-refractivity contribution in [2.75, 3.05) is 11.9 Å². The van der Waals surface area contributed by atoms with Gasteiger partial charge in [-0.25, -0.2) is 4.39 Å². The number of nitro groups is 1. The zero-order valence-electron chi connectivity index (χ0n) is 11.5. The molecule has 1 atom stereocenters. The maximum absolute atomic E-state index is 13.3. The Morgan fingerprint density at radius 3 is 2.68 bits per heavy atom. The third kappa shape index (κ3) is 5.24. The molecule has 0 aliphatic heterocycles. The van der Waals surface area contributed by atoms with Gasteiger partial charge < -0.3 is 5.32 Å². The molecular formula is C14H21FN2O2. The van der Waals surface area contributed by atoms with Gasteiger partial charge in [0, 0.05) is 18.3 Å². The Labute approximate surface area is 113 Å². The van der Waals surface area contributed by atoms with Crippen LogP contribution < -0.4 is 5.32 Å². The van der Waals surface area contributed by atoms with Crippen molar-refractivity contribution in [1.29, 1.82) is 0 Å². The molecule has 0 bridgehead atoms. The summed E-state index contributed by atoms with van der Waals surface area (Å²) in [5.74, 6) is -0.0689. The number of benzene rings is 1. The van der Waals surface area contributed by atoms with Crippen molar-refractivity contribution < 1.29 is 9.31 Å². The molecule has 0 fully saturated rings. The summed E-state index contributed by atoms with van der Waals surface area (Å²) in [7, 11) is 0. The first-order valence-electron chi connectivity index (χ1n) is 6.75. The topological polar surface area (TPSA) is 55.2 Å². The Kier molecular flexibility index (Phi) is 6.25. The zero-order chi connectivity index (χ0) is 14.3. The van der Waals surface area contributed by atoms with Crippen molar-refractivity contribution in [2.45, 2.75) is 39.5 Å². The van der Waals surface area contributed by atoms with E-state index in [0.29, 0.717) is 11.6 Å². The summed E-state index contributed by atoms with van der Waals surface area (Å²) in [6.07, 6.45) is 4.49. The van der Waals surface area contributed by atoms with E-state index >= 15 is 0 Å². The van der Waals surface area contributed by atoms with Gasteiger partial charge in [0.25, 0.3) is 5.69 Å². The first-order chi connectivity index (χ1) is 9.06. The molecule has 0 amide bonds. The molecule has 0 saturated carbocycles. The third-order valence-electron chi connectivity index (χ3n) is 3.23. The molecule has 1 rings (SSSR count). The number of nitrogens with one attached hydrogen (secondary N) is 1. The first kappa shape index (κ1) is 15.4. The second kappa shape index (κ2) is 7.71. The number of rotatable bonds is 8. The smallest absolute Gasteiger partial charge is 0.274 e. The molecule has 0 aliphatic rings. The number of hydrogen-bond acceptors (Lipinski definition) is 3. The van der Waals surface area contributed by atoms with Crippen LogP contribution in [0.15, 0.2) is 18.2 Å². The molecule has 5 heteroatoms. The van der Waals surface area contributed by atoms with E-state index in [0.717, 1.165) is 31.9 Å². The van der Waals surface area contributed by atoms with E-state index in [1.807, 2.05) is 0 Å². The largest absolute Gasteiger partial charge is 0.384 e. The van der Waals surface area contributed by atoms with Crippen LogP contribution in [0.5, 0.6) is 0 Å². The van der Waals surface area contributed by atoms with E-state index in [1.54, 1.807) is 0 Å². The van der Waals surface area contributed by atoms with Gasteiger partial charge in [0.15, 0.2) is 0 Å². The molecule has 0 radical (unpaired) electrons. The van der Waals surface area contributed by atoms with E-state index in [2.05, 4.69) is 19.2 Å². The Hall–Kier alpha value is -1.65. The van der Waals surface area contributed by atoms with Crippen LogP contribution in [0.25, 0.3) is 0 Å². The molecular weight excluding hydrogens is 247 g/mol. The SMILES string of the molecule is CCCCC(CC)CNc1cc(F)cc([N+](=O)[O-])c1. The number of non-ortho nitro benzene ring substituents is 1. The van der Waals surface area contributed by atoms with Crippen molar-refractivity contribution in [3.63, 3.8) is 0 Å². The molecule has 0 aliphatic carbocycles. The van der Waals surface area contributed by atoms with Crippen molar-refractivity contribution in [1.82, 2.24) is 0 Å². The molecule has 1 aromatic carbocycles. The normalized spacial score (nSPS) is 12.2. The molecule has 1 aromatic rings. The minimum absolute atomic E-state index is 0.218. The van der Waals surface area contributed by atoms with Gasteiger partial charge in [0.2, 0.25) is 0 Å². The monoisotopic (exact) mass is 268 g/mol. The van der Waals surface area contributed by atoms with Crippen LogP contribution in [-0.2, 0) is 0 Å². The fourth-order valence-corrected chi connectivity index (χ4v) is 1.99. The van der Waals surface area contributed by atoms with Gasteiger partial charge >= 0.3 is 0 Å². The predicted octanol–water partition coefficient (Wildman–Crippen LogP) is 4.36. The number of halogens is 1. The van der Waals surface area contributed by atoms with Crippen molar-refractivity contribution in [3.05, 3.63) is 34.1 Å². The predicted molar refractivity (Wildman–Crippen MR) is 74.9 cm³/mol. The Morgan fingerprint density at radius 2 is 2.11 bits per heavy atom. The Balaban J connectivity index is 2.63. The highest BCUT2D eigenvalue weighted by molar-refractivity contribution is 5.51. The number of nitro benzene ring substituents is 1. The molecule has 0 heterocycles. The van der Waals surface area contributed by atoms with Gasteiger partial charge in [0.1, 0.15) is 5.82 Å². The fraction of sp³-hybridized carbons (Fsp3) is 0.571. The average Bonchev–Trinajstić information content (AvgIpc) is 2.38. The summed E-state index contributed by atoms with van der Waals surface area (Å²) in [4.78, 5) is 10.1. The molecule has 0 spiro atoms. The van der Waals surface area contributed by atoms with E-state index in [4.69, 9.17) is 0 Å². The summed E-state index contributed by atoms with van der Waals surface area (Å²) in [6, 6.07) is 3.59. The van der Waals surface area contributed by atoms with Gasteiger partial charge in [-0.3, -0.25) is 10.1 Å². The van der Waals surface area contributed by atoms with Crippen molar-refractivity contribution in [3.8, 4) is 0 Å². The van der Waals surface area contributed by atoms with Crippen LogP contribution in [0.4, 0.5) is 15.8 Å². The second-order valence-corrected chi connectivity index (χ2v) is 4.75. The first-order valence-corrected chi connectivity index (χ1v) is 6.75. The molecule has 1 unspecified atom stereocenters. The fourth-order valence-electron chi connectivity index (χ4n) is 1.99. The van der Waals surface area contributed by atoms with Crippen molar-refractivity contribution in [2.24, 2.45) is 5.92 Å². The lowest BCUT2D eigenvalue weighted by Gasteiger charge is -2.16. The highest BCUT2D eigenvalue weighted by Crippen LogP contribution is 2.21. The van der Waals surface area contributed by atoms with Gasteiger partial charge in [-0.15, -0.1) is 0 Å². The Morgan fingerprint density at radius 1 is 1.37 bits per heavy atom. The van der Waals surface area contributed by atoms with Crippen molar-refractivity contribution >= 4 is 11.4 Å². The lowest BCUT2D eigenvalue weighted by atomic mass is 9.99. The molecule has 0 saturated heterocycles. The second-order valence-electron chi connectivity index (χ2n) is 4.75. The van der Waals surface area contributed by atoms with Gasteiger partial charge in [-0.05, 0) is 18.4 Å². The standard InChI is InChI=1S/C14H21FN2O2/c1-3-5-6-11(4-2)10-16-13-7-12(15)8-14(9-13)17(18)19/h7-9,11,16H,3-6,10H2,1-2H3. The van der Waals surface area contributed by atoms with Crippen LogP contribution in [0.3, 0.4) is 0 Å². The lowest BCUT2D eigenvalue weighted by Crippen LogP contribution is -2.13. The number of anilines is 1. The van der Waals surface area contributed by atoms with Crippen LogP contribution in [0, 0.1) is 21.8 Å². The number of unbranched alkanes of at least 4 members (excludes halogenated alkanes) is 1. The van der Waals surface area contributed by atoms with Crippen LogP contribution in [0.2, 0.25) is 0 Å². The maximum Gasteiger partial charge on any atom is 0.274 e. The zero-order valence-corrected chi connectivity index (χ0v) is 11.5. The van der Waals surface area contributed by atoms with Gasteiger partial charge in [0.05, 0.1) is 11.0 Å². The Bertz CT molecular complexity index is 424. The average molecular weight is 268 g/mol. The van der Waals surface area contributed by atoms with E-state index in [9.17, 15) is 14.5 Å². The molecule has 19 heavy (non-hydrogen) atoms. The quantitative estimate of drug-likeness (QED) is 0.563. The number of hydrogen-bond donors (Lipinski definition) is 1. The third-order valence-corrected chi connectivity index (χ3v) is 3.23. The summed E-state index contributed by atoms with van der Waals surface area (Å²) in [6.45, 7) is 4.99. The minimum atomic E-state index is -0.585.